The van der Waals surface area contributed by atoms with Crippen LogP contribution in [-0.2, 0) is 4.79 Å². The van der Waals surface area contributed by atoms with Crippen molar-refractivity contribution >= 4 is 29.8 Å². The lowest BCUT2D eigenvalue weighted by molar-refractivity contribution is -0.119. The maximum absolute atomic E-state index is 12.9. The van der Waals surface area contributed by atoms with E-state index in [2.05, 4.69) is 26.6 Å². The number of benzene rings is 1. The molecule has 1 amide bonds. The molecule has 8 heteroatoms. The van der Waals surface area contributed by atoms with E-state index in [-0.39, 0.29) is 17.5 Å². The fourth-order valence-corrected chi connectivity index (χ4v) is 3.43. The number of rotatable bonds is 6. The molecule has 1 heterocycles. The number of H-pyrrole nitrogens is 1. The summed E-state index contributed by atoms with van der Waals surface area (Å²) in [7, 11) is 0. The molecule has 0 aliphatic heterocycles. The highest BCUT2D eigenvalue weighted by molar-refractivity contribution is 7.99. The van der Waals surface area contributed by atoms with Crippen molar-refractivity contribution in [1.29, 1.82) is 5.26 Å². The van der Waals surface area contributed by atoms with Crippen LogP contribution in [0.1, 0.15) is 37.1 Å². The van der Waals surface area contributed by atoms with Gasteiger partial charge in [0.15, 0.2) is 0 Å². The highest BCUT2D eigenvalue weighted by atomic mass is 32.2. The maximum atomic E-state index is 12.9. The molecule has 134 valence electrons. The molecule has 6 nitrogen and oxygen atoms in total. The van der Waals surface area contributed by atoms with Gasteiger partial charge in [-0.3, -0.25) is 9.89 Å². The van der Waals surface area contributed by atoms with Crippen LogP contribution in [0.15, 0.2) is 29.4 Å². The lowest BCUT2D eigenvalue weighted by Gasteiger charge is -2.21. The first kappa shape index (κ1) is 18.1. The zero-order valence-electron chi connectivity index (χ0n) is 14.0. The van der Waals surface area contributed by atoms with Gasteiger partial charge in [-0.2, -0.15) is 5.26 Å². The molecule has 0 bridgehead atoms. The number of amides is 1. The number of carbonyl (C=O) groups is 1. The molecule has 2 aromatic rings. The summed E-state index contributed by atoms with van der Waals surface area (Å²) in [5, 5.41) is 19.4. The Morgan fingerprint density at radius 3 is 2.77 bits per heavy atom. The predicted octanol–water partition coefficient (Wildman–Crippen LogP) is 3.16. The van der Waals surface area contributed by atoms with Crippen molar-refractivity contribution in [2.75, 3.05) is 5.75 Å². The summed E-state index contributed by atoms with van der Waals surface area (Å²) >= 11 is 1.21. The molecule has 0 saturated heterocycles. The Bertz CT molecular complexity index is 834. The van der Waals surface area contributed by atoms with Crippen LogP contribution in [-0.4, -0.2) is 32.4 Å². The lowest BCUT2D eigenvalue weighted by Crippen LogP contribution is -2.45. The number of carbonyl (C=O) groups excluding carboxylic acids is 1. The smallest absolute Gasteiger partial charge is 0.231 e. The van der Waals surface area contributed by atoms with Crippen LogP contribution >= 0.6 is 11.8 Å². The van der Waals surface area contributed by atoms with E-state index in [9.17, 15) is 14.4 Å². The molecular formula is C18H18FN5OS. The highest BCUT2D eigenvalue weighted by Crippen LogP contribution is 2.29. The largest absolute Gasteiger partial charge is 0.337 e. The van der Waals surface area contributed by atoms with Gasteiger partial charge >= 0.3 is 0 Å². The van der Waals surface area contributed by atoms with E-state index < -0.39 is 5.54 Å². The Hall–Kier alpha value is -2.66. The molecule has 1 aromatic heterocycles. The van der Waals surface area contributed by atoms with Crippen molar-refractivity contribution in [2.45, 2.75) is 36.4 Å². The van der Waals surface area contributed by atoms with E-state index in [0.717, 1.165) is 18.4 Å². The van der Waals surface area contributed by atoms with Crippen LogP contribution in [0.3, 0.4) is 0 Å². The number of hydrogen-bond donors (Lipinski definition) is 2. The minimum Gasteiger partial charge on any atom is -0.337 e. The number of nitrogens with one attached hydrogen (secondary N) is 2. The number of nitriles is 1. The van der Waals surface area contributed by atoms with E-state index in [1.54, 1.807) is 24.3 Å². The lowest BCUT2D eigenvalue weighted by atomic mass is 10.0. The summed E-state index contributed by atoms with van der Waals surface area (Å²) in [4.78, 5) is 16.4. The second kappa shape index (κ2) is 8.15. The molecule has 1 saturated carbocycles. The number of halogens is 1. The van der Waals surface area contributed by atoms with E-state index in [0.29, 0.717) is 23.8 Å². The second-order valence-corrected chi connectivity index (χ2v) is 7.07. The first-order valence-electron chi connectivity index (χ1n) is 8.30. The molecule has 1 aliphatic rings. The van der Waals surface area contributed by atoms with Gasteiger partial charge in [-0.1, -0.05) is 30.0 Å². The molecule has 0 spiro atoms. The third kappa shape index (κ3) is 4.70. The first-order valence-corrected chi connectivity index (χ1v) is 9.28. The van der Waals surface area contributed by atoms with Gasteiger partial charge in [0, 0.05) is 0 Å². The zero-order chi connectivity index (χ0) is 18.4. The van der Waals surface area contributed by atoms with Crippen molar-refractivity contribution < 1.29 is 9.18 Å². The number of hydrogen-bond acceptors (Lipinski definition) is 5. The Morgan fingerprint density at radius 2 is 2.08 bits per heavy atom. The van der Waals surface area contributed by atoms with Crippen molar-refractivity contribution in [2.24, 2.45) is 0 Å². The Morgan fingerprint density at radius 1 is 1.35 bits per heavy atom. The van der Waals surface area contributed by atoms with Crippen molar-refractivity contribution in [1.82, 2.24) is 20.5 Å². The fourth-order valence-electron chi connectivity index (χ4n) is 2.82. The van der Waals surface area contributed by atoms with Gasteiger partial charge < -0.3 is 5.32 Å². The summed E-state index contributed by atoms with van der Waals surface area (Å²) in [6.45, 7) is 0. The summed E-state index contributed by atoms with van der Waals surface area (Å²) in [5.74, 6) is 0.227. The van der Waals surface area contributed by atoms with Gasteiger partial charge in [-0.05, 0) is 49.5 Å². The van der Waals surface area contributed by atoms with Gasteiger partial charge in [0.1, 0.15) is 17.2 Å². The number of aromatic nitrogens is 3. The summed E-state index contributed by atoms with van der Waals surface area (Å²) in [6.07, 6.45) is 6.86. The van der Waals surface area contributed by atoms with Crippen LogP contribution < -0.4 is 5.32 Å². The molecule has 1 aliphatic carbocycles. The fraction of sp³-hybridized carbons (Fsp3) is 0.333. The molecule has 0 unspecified atom stereocenters. The number of aromatic amines is 1. The molecule has 3 rings (SSSR count). The minimum atomic E-state index is -0.709. The van der Waals surface area contributed by atoms with Gasteiger partial charge in [0.2, 0.25) is 11.1 Å². The zero-order valence-corrected chi connectivity index (χ0v) is 14.9. The average molecular weight is 371 g/mol. The van der Waals surface area contributed by atoms with Crippen LogP contribution in [0.2, 0.25) is 0 Å². The van der Waals surface area contributed by atoms with Crippen LogP contribution in [0.25, 0.3) is 12.2 Å². The summed E-state index contributed by atoms with van der Waals surface area (Å²) < 4.78 is 12.9. The standard InChI is InChI=1S/C18H18FN5OS/c19-14-6-3-13(4-7-14)5-8-15-21-17(24-23-15)26-11-16(25)22-18(12-20)9-1-2-10-18/h3-8H,1-2,9-11H2,(H,22,25)(H,21,23,24)/b8-5+. The summed E-state index contributed by atoms with van der Waals surface area (Å²) in [5.41, 5.74) is 0.134. The van der Waals surface area contributed by atoms with E-state index in [1.807, 2.05) is 0 Å². The van der Waals surface area contributed by atoms with E-state index >= 15 is 0 Å². The normalized spacial score (nSPS) is 15.8. The third-order valence-corrected chi connectivity index (χ3v) is 5.02. The molecule has 1 aromatic carbocycles. The molecular weight excluding hydrogens is 353 g/mol. The van der Waals surface area contributed by atoms with Gasteiger partial charge in [0.05, 0.1) is 11.8 Å². The van der Waals surface area contributed by atoms with Gasteiger partial charge in [0.25, 0.3) is 0 Å². The molecule has 0 radical (unpaired) electrons. The first-order chi connectivity index (χ1) is 12.6. The van der Waals surface area contributed by atoms with Crippen LogP contribution in [0.5, 0.6) is 0 Å². The quantitative estimate of drug-likeness (QED) is 0.761. The monoisotopic (exact) mass is 371 g/mol. The highest BCUT2D eigenvalue weighted by Gasteiger charge is 2.35. The summed E-state index contributed by atoms with van der Waals surface area (Å²) in [6, 6.07) is 8.34. The van der Waals surface area contributed by atoms with Crippen molar-refractivity contribution in [3.63, 3.8) is 0 Å². The number of nitrogens with zero attached hydrogens (tertiary/aromatic N) is 3. The SMILES string of the molecule is N#CC1(NC(=O)CSc2n[nH]c(/C=C/c3ccc(F)cc3)n2)CCCC1. The van der Waals surface area contributed by atoms with Gasteiger partial charge in [-0.15, -0.1) is 5.10 Å². The van der Waals surface area contributed by atoms with E-state index in [1.165, 1.54) is 23.9 Å². The predicted molar refractivity (Wildman–Crippen MR) is 97.4 cm³/mol. The molecule has 2 N–H and O–H groups in total. The topological polar surface area (TPSA) is 94.5 Å². The molecule has 1 fully saturated rings. The minimum absolute atomic E-state index is 0.155. The second-order valence-electron chi connectivity index (χ2n) is 6.13. The Balaban J connectivity index is 1.51. The molecule has 0 atom stereocenters. The van der Waals surface area contributed by atoms with Crippen LogP contribution in [0.4, 0.5) is 4.39 Å². The molecule has 26 heavy (non-hydrogen) atoms. The van der Waals surface area contributed by atoms with Crippen LogP contribution in [0, 0.1) is 17.1 Å². The third-order valence-electron chi connectivity index (χ3n) is 4.17. The van der Waals surface area contributed by atoms with Crippen molar-refractivity contribution in [3.05, 3.63) is 41.5 Å². The maximum Gasteiger partial charge on any atom is 0.231 e. The average Bonchev–Trinajstić information content (AvgIpc) is 3.29. The van der Waals surface area contributed by atoms with Crippen molar-refractivity contribution in [3.8, 4) is 6.07 Å². The number of thioether (sulfide) groups is 1. The van der Waals surface area contributed by atoms with Gasteiger partial charge in [-0.25, -0.2) is 9.37 Å². The Labute approximate surface area is 154 Å². The van der Waals surface area contributed by atoms with E-state index in [4.69, 9.17) is 0 Å². The Kier molecular flexibility index (Phi) is 5.68.